The van der Waals surface area contributed by atoms with E-state index >= 15 is 0 Å². The van der Waals surface area contributed by atoms with Crippen LogP contribution >= 0.6 is 0 Å². The van der Waals surface area contributed by atoms with Crippen molar-refractivity contribution in [3.8, 4) is 0 Å². The Morgan fingerprint density at radius 2 is 1.83 bits per heavy atom. The lowest BCUT2D eigenvalue weighted by molar-refractivity contribution is 0.232. The molecule has 0 spiro atoms. The van der Waals surface area contributed by atoms with Gasteiger partial charge in [-0.25, -0.2) is 4.99 Å². The molecule has 1 aliphatic rings. The quantitative estimate of drug-likeness (QED) is 0.532. The molecule has 0 radical (unpaired) electrons. The molecule has 1 aromatic heterocycles. The van der Waals surface area contributed by atoms with E-state index in [9.17, 15) is 0 Å². The van der Waals surface area contributed by atoms with Gasteiger partial charge in [0, 0.05) is 30.9 Å². The molecule has 0 amide bonds. The first-order chi connectivity index (χ1) is 14.2. The van der Waals surface area contributed by atoms with Gasteiger partial charge in [-0.3, -0.25) is 4.68 Å². The maximum Gasteiger partial charge on any atom is 0.191 e. The minimum atomic E-state index is 0.644. The maximum atomic E-state index is 4.83. The molecule has 0 unspecified atom stereocenters. The molecular weight excluding hydrogens is 360 g/mol. The highest BCUT2D eigenvalue weighted by Crippen LogP contribution is 2.16. The van der Waals surface area contributed by atoms with Crippen LogP contribution in [0, 0.1) is 13.8 Å². The first-order valence-electron chi connectivity index (χ1n) is 11.0. The average molecular weight is 397 g/mol. The van der Waals surface area contributed by atoms with Crippen LogP contribution in [0.4, 0.5) is 0 Å². The van der Waals surface area contributed by atoms with Crippen LogP contribution < -0.4 is 10.6 Å². The number of guanidine groups is 1. The van der Waals surface area contributed by atoms with Crippen LogP contribution in [0.5, 0.6) is 0 Å². The number of benzene rings is 1. The molecule has 158 valence electrons. The van der Waals surface area contributed by atoms with Gasteiger partial charge >= 0.3 is 0 Å². The number of nitrogens with one attached hydrogen (secondary N) is 2. The number of hydrogen-bond acceptors (Lipinski definition) is 3. The summed E-state index contributed by atoms with van der Waals surface area (Å²) in [4.78, 5) is 7.37. The third-order valence-electron chi connectivity index (χ3n) is 5.62. The molecule has 3 rings (SSSR count). The summed E-state index contributed by atoms with van der Waals surface area (Å²) < 4.78 is 2.09. The molecule has 6 heteroatoms. The van der Waals surface area contributed by atoms with Crippen LogP contribution in [-0.4, -0.2) is 53.4 Å². The first-order valence-corrected chi connectivity index (χ1v) is 11.0. The van der Waals surface area contributed by atoms with E-state index in [1.165, 1.54) is 49.2 Å². The summed E-state index contributed by atoms with van der Waals surface area (Å²) in [6.45, 7) is 13.1. The fourth-order valence-corrected chi connectivity index (χ4v) is 3.89. The maximum absolute atomic E-state index is 4.83. The molecule has 1 fully saturated rings. The van der Waals surface area contributed by atoms with E-state index in [0.717, 1.165) is 37.8 Å². The van der Waals surface area contributed by atoms with Gasteiger partial charge < -0.3 is 15.5 Å². The number of hydrogen-bond donors (Lipinski definition) is 2. The fraction of sp³-hybridized carbons (Fsp3) is 0.565. The first kappa shape index (κ1) is 21.4. The molecule has 0 aliphatic carbocycles. The van der Waals surface area contributed by atoms with Crippen molar-refractivity contribution in [1.29, 1.82) is 0 Å². The summed E-state index contributed by atoms with van der Waals surface area (Å²) in [5.74, 6) is 0.888. The van der Waals surface area contributed by atoms with Crippen molar-refractivity contribution in [2.45, 2.75) is 53.1 Å². The fourth-order valence-electron chi connectivity index (χ4n) is 3.89. The van der Waals surface area contributed by atoms with E-state index in [1.807, 2.05) is 6.07 Å². The Hall–Kier alpha value is -2.34. The monoisotopic (exact) mass is 396 g/mol. The van der Waals surface area contributed by atoms with Gasteiger partial charge in [-0.2, -0.15) is 5.10 Å². The molecule has 2 aromatic rings. The van der Waals surface area contributed by atoms with Crippen molar-refractivity contribution in [1.82, 2.24) is 25.3 Å². The summed E-state index contributed by atoms with van der Waals surface area (Å²) in [5, 5.41) is 11.6. The summed E-state index contributed by atoms with van der Waals surface area (Å²) in [6.07, 6.45) is 4.05. The minimum absolute atomic E-state index is 0.644. The second kappa shape index (κ2) is 11.0. The molecule has 1 saturated heterocycles. The van der Waals surface area contributed by atoms with Gasteiger partial charge in [0.25, 0.3) is 0 Å². The van der Waals surface area contributed by atoms with E-state index in [0.29, 0.717) is 6.54 Å². The molecule has 0 saturated carbocycles. The summed E-state index contributed by atoms with van der Waals surface area (Å²) in [5.41, 5.74) is 4.74. The van der Waals surface area contributed by atoms with Crippen molar-refractivity contribution in [2.24, 2.45) is 4.99 Å². The van der Waals surface area contributed by atoms with Crippen molar-refractivity contribution in [3.63, 3.8) is 0 Å². The Morgan fingerprint density at radius 3 is 2.55 bits per heavy atom. The Bertz CT molecular complexity index is 774. The van der Waals surface area contributed by atoms with E-state index < -0.39 is 0 Å². The molecule has 2 heterocycles. The lowest BCUT2D eigenvalue weighted by atomic mass is 10.1. The van der Waals surface area contributed by atoms with Crippen LogP contribution in [0.3, 0.4) is 0 Å². The number of aromatic nitrogens is 2. The van der Waals surface area contributed by atoms with E-state index in [1.54, 1.807) is 0 Å². The number of aryl methyl sites for hydroxylation is 1. The molecule has 1 aliphatic heterocycles. The van der Waals surface area contributed by atoms with Crippen LogP contribution in [0.25, 0.3) is 0 Å². The molecule has 1 aromatic carbocycles. The van der Waals surface area contributed by atoms with E-state index in [-0.39, 0.29) is 0 Å². The second-order valence-corrected chi connectivity index (χ2v) is 7.82. The molecule has 6 nitrogen and oxygen atoms in total. The van der Waals surface area contributed by atoms with Crippen molar-refractivity contribution < 1.29 is 0 Å². The van der Waals surface area contributed by atoms with Gasteiger partial charge in [0.15, 0.2) is 5.96 Å². The number of nitrogens with zero attached hydrogens (tertiary/aromatic N) is 4. The van der Waals surface area contributed by atoms with Gasteiger partial charge in [-0.15, -0.1) is 0 Å². The second-order valence-electron chi connectivity index (χ2n) is 7.82. The van der Waals surface area contributed by atoms with Gasteiger partial charge in [-0.05, 0) is 52.3 Å². The molecule has 0 bridgehead atoms. The summed E-state index contributed by atoms with van der Waals surface area (Å²) in [7, 11) is 0. The summed E-state index contributed by atoms with van der Waals surface area (Å²) >= 11 is 0. The van der Waals surface area contributed by atoms with Crippen molar-refractivity contribution in [2.75, 3.05) is 32.7 Å². The van der Waals surface area contributed by atoms with Crippen LogP contribution in [0.1, 0.15) is 48.7 Å². The molecule has 2 N–H and O–H groups in total. The van der Waals surface area contributed by atoms with Crippen LogP contribution in [0.2, 0.25) is 0 Å². The number of likely N-dealkylation sites (tertiary alicyclic amines) is 1. The van der Waals surface area contributed by atoms with E-state index in [4.69, 9.17) is 10.1 Å². The van der Waals surface area contributed by atoms with Gasteiger partial charge in [0.2, 0.25) is 0 Å². The molecule has 0 atom stereocenters. The number of piperidine rings is 1. The van der Waals surface area contributed by atoms with E-state index in [2.05, 4.69) is 65.3 Å². The Kier molecular flexibility index (Phi) is 8.11. The van der Waals surface area contributed by atoms with Gasteiger partial charge in [-0.1, -0.05) is 36.8 Å². The predicted octanol–water partition coefficient (Wildman–Crippen LogP) is 3.09. The molecule has 29 heavy (non-hydrogen) atoms. The predicted molar refractivity (Wildman–Crippen MR) is 120 cm³/mol. The smallest absolute Gasteiger partial charge is 0.191 e. The zero-order valence-electron chi connectivity index (χ0n) is 18.2. The molecular formula is C23H36N6. The van der Waals surface area contributed by atoms with Crippen LogP contribution in [-0.2, 0) is 13.1 Å². The van der Waals surface area contributed by atoms with Crippen molar-refractivity contribution in [3.05, 3.63) is 52.8 Å². The van der Waals surface area contributed by atoms with Crippen LogP contribution in [0.15, 0.2) is 35.3 Å². The third kappa shape index (κ3) is 6.32. The van der Waals surface area contributed by atoms with Gasteiger partial charge in [0.05, 0.1) is 18.8 Å². The highest BCUT2D eigenvalue weighted by Gasteiger charge is 2.12. The summed E-state index contributed by atoms with van der Waals surface area (Å²) in [6, 6.07) is 10.5. The SMILES string of the molecule is CCNC(=NCc1c(C)nn(Cc2ccccc2)c1C)NCCN1CCCCC1. The highest BCUT2D eigenvalue weighted by atomic mass is 15.3. The lowest BCUT2D eigenvalue weighted by Gasteiger charge is -2.26. The Balaban J connectivity index is 1.59. The highest BCUT2D eigenvalue weighted by molar-refractivity contribution is 5.79. The third-order valence-corrected chi connectivity index (χ3v) is 5.62. The zero-order valence-corrected chi connectivity index (χ0v) is 18.2. The Morgan fingerprint density at radius 1 is 1.07 bits per heavy atom. The zero-order chi connectivity index (χ0) is 20.5. The Labute approximate surface area is 175 Å². The van der Waals surface area contributed by atoms with Crippen molar-refractivity contribution >= 4 is 5.96 Å². The van der Waals surface area contributed by atoms with Gasteiger partial charge in [0.1, 0.15) is 0 Å². The largest absolute Gasteiger partial charge is 0.357 e. The number of aliphatic imine (C=N–C) groups is 1. The topological polar surface area (TPSA) is 57.5 Å². The minimum Gasteiger partial charge on any atom is -0.357 e. The average Bonchev–Trinajstić information content (AvgIpc) is 3.00. The standard InChI is InChI=1S/C23H36N6/c1-4-24-23(25-13-16-28-14-9-6-10-15-28)26-17-22-19(2)27-29(20(22)3)18-21-11-7-5-8-12-21/h5,7-8,11-12H,4,6,9-10,13-18H2,1-3H3,(H2,24,25,26). The lowest BCUT2D eigenvalue weighted by Crippen LogP contribution is -2.42. The normalized spacial score (nSPS) is 15.5. The number of rotatable bonds is 8.